The van der Waals surface area contributed by atoms with Crippen LogP contribution in [0, 0.1) is 0 Å². The van der Waals surface area contributed by atoms with Gasteiger partial charge in [0.2, 0.25) is 0 Å². The van der Waals surface area contributed by atoms with E-state index >= 15 is 0 Å². The van der Waals surface area contributed by atoms with Gasteiger partial charge in [-0.25, -0.2) is 0 Å². The lowest BCUT2D eigenvalue weighted by Crippen LogP contribution is -2.57. The molecule has 4 unspecified atom stereocenters. The van der Waals surface area contributed by atoms with Crippen LogP contribution in [-0.4, -0.2) is 149 Å². The third-order valence-corrected chi connectivity index (χ3v) is 26.1. The molecular formula is C54H112N4O4S2Si2. The fourth-order valence-corrected chi connectivity index (χ4v) is 13.1. The molecule has 0 amide bonds. The number of carbonyl (C=O) groups is 2. The summed E-state index contributed by atoms with van der Waals surface area (Å²) in [6.45, 7) is 40.8. The summed E-state index contributed by atoms with van der Waals surface area (Å²) >= 11 is 3.07. The van der Waals surface area contributed by atoms with Gasteiger partial charge in [0.05, 0.1) is 12.2 Å². The minimum absolute atomic E-state index is 0.216. The summed E-state index contributed by atoms with van der Waals surface area (Å²) in [5.41, 5.74) is 0. The van der Waals surface area contributed by atoms with Gasteiger partial charge in [0.15, 0.2) is 26.9 Å². The maximum Gasteiger partial charge on any atom is 0.192 e. The van der Waals surface area contributed by atoms with Gasteiger partial charge >= 0.3 is 0 Å². The van der Waals surface area contributed by atoms with Gasteiger partial charge in [-0.05, 0) is 116 Å². The topological polar surface area (TPSA) is 65.6 Å². The number of piperazine rings is 1. The van der Waals surface area contributed by atoms with Crippen molar-refractivity contribution in [2.45, 2.75) is 258 Å². The summed E-state index contributed by atoms with van der Waals surface area (Å²) in [5.74, 6) is 1.73. The summed E-state index contributed by atoms with van der Waals surface area (Å²) in [6, 6.07) is 0.904. The average Bonchev–Trinajstić information content (AvgIpc) is 3.21. The second kappa shape index (κ2) is 34.6. The first-order valence-corrected chi connectivity index (χ1v) is 35.2. The van der Waals surface area contributed by atoms with Gasteiger partial charge in [0.1, 0.15) is 0 Å². The maximum absolute atomic E-state index is 12.9. The second-order valence-electron chi connectivity index (χ2n) is 23.7. The van der Waals surface area contributed by atoms with Gasteiger partial charge < -0.3 is 18.7 Å². The van der Waals surface area contributed by atoms with Crippen LogP contribution in [0.1, 0.15) is 198 Å². The number of nitrogens with zero attached hydrogens (tertiary/aromatic N) is 4. The monoisotopic (exact) mass is 1000 g/mol. The van der Waals surface area contributed by atoms with Crippen LogP contribution in [-0.2, 0) is 18.4 Å². The van der Waals surface area contributed by atoms with E-state index in [9.17, 15) is 9.59 Å². The molecule has 0 bridgehead atoms. The third kappa shape index (κ3) is 28.9. The Hall–Kier alpha value is 0.234. The van der Waals surface area contributed by atoms with E-state index in [2.05, 4.69) is 129 Å². The summed E-state index contributed by atoms with van der Waals surface area (Å²) in [5, 5.41) is 1.11. The zero-order chi connectivity index (χ0) is 49.8. The number of rotatable bonds is 38. The van der Waals surface area contributed by atoms with Crippen molar-refractivity contribution in [1.82, 2.24) is 19.6 Å². The maximum atomic E-state index is 12.9. The first kappa shape index (κ1) is 64.2. The van der Waals surface area contributed by atoms with Crippen molar-refractivity contribution in [2.75, 3.05) is 78.0 Å². The number of hydrogen-bond donors (Lipinski definition) is 0. The lowest BCUT2D eigenvalue weighted by atomic mass is 10.1. The van der Waals surface area contributed by atoms with Crippen molar-refractivity contribution in [3.05, 3.63) is 0 Å². The minimum Gasteiger partial charge on any atom is -0.413 e. The van der Waals surface area contributed by atoms with E-state index in [0.717, 1.165) is 102 Å². The molecule has 0 aliphatic carbocycles. The zero-order valence-corrected chi connectivity index (χ0v) is 50.4. The molecule has 4 atom stereocenters. The summed E-state index contributed by atoms with van der Waals surface area (Å²) in [7, 11) is 0.808. The fourth-order valence-electron chi connectivity index (χ4n) is 8.64. The van der Waals surface area contributed by atoms with Gasteiger partial charge in [-0.15, -0.1) is 0 Å². The molecule has 1 rings (SSSR count). The highest BCUT2D eigenvalue weighted by atomic mass is 32.2. The predicted octanol–water partition coefficient (Wildman–Crippen LogP) is 14.4. The second-order valence-corrected chi connectivity index (χ2v) is 35.5. The molecule has 392 valence electrons. The smallest absolute Gasteiger partial charge is 0.192 e. The van der Waals surface area contributed by atoms with Gasteiger partial charge in [-0.1, -0.05) is 156 Å². The van der Waals surface area contributed by atoms with Crippen molar-refractivity contribution in [1.29, 1.82) is 0 Å². The molecule has 0 N–H and O–H groups in total. The Kier molecular flexibility index (Phi) is 33.7. The lowest BCUT2D eigenvalue weighted by Gasteiger charge is -2.44. The van der Waals surface area contributed by atoms with E-state index < -0.39 is 16.6 Å². The molecule has 0 aromatic rings. The van der Waals surface area contributed by atoms with Crippen molar-refractivity contribution in [3.63, 3.8) is 0 Å². The Morgan fingerprint density at radius 3 is 1.23 bits per heavy atom. The Labute approximate surface area is 422 Å². The van der Waals surface area contributed by atoms with Crippen molar-refractivity contribution in [3.8, 4) is 0 Å². The van der Waals surface area contributed by atoms with Gasteiger partial charge in [-0.3, -0.25) is 19.4 Å². The van der Waals surface area contributed by atoms with Crippen molar-refractivity contribution >= 4 is 50.4 Å². The van der Waals surface area contributed by atoms with Crippen LogP contribution in [0.5, 0.6) is 0 Å². The van der Waals surface area contributed by atoms with E-state index in [-0.39, 0.29) is 10.1 Å². The molecule has 0 aromatic carbocycles. The number of hydrogen-bond acceptors (Lipinski definition) is 10. The van der Waals surface area contributed by atoms with Crippen LogP contribution in [0.15, 0.2) is 0 Å². The average molecular weight is 1000 g/mol. The largest absolute Gasteiger partial charge is 0.413 e. The Morgan fingerprint density at radius 2 is 0.894 bits per heavy atom. The number of carbonyl (C=O) groups excluding carboxylic acids is 2. The fraction of sp³-hybridized carbons (Fsp3) is 0.963. The number of thioether (sulfide) groups is 2. The van der Waals surface area contributed by atoms with Crippen LogP contribution in [0.2, 0.25) is 36.3 Å². The highest BCUT2D eigenvalue weighted by molar-refractivity contribution is 8.13. The van der Waals surface area contributed by atoms with Crippen LogP contribution in [0.4, 0.5) is 0 Å². The van der Waals surface area contributed by atoms with Crippen LogP contribution in [0.25, 0.3) is 0 Å². The van der Waals surface area contributed by atoms with Gasteiger partial charge in [0.25, 0.3) is 0 Å². The molecule has 1 aliphatic heterocycles. The van der Waals surface area contributed by atoms with E-state index in [1.54, 1.807) is 0 Å². The Balaban J connectivity index is 2.35. The molecule has 1 aliphatic rings. The van der Waals surface area contributed by atoms with E-state index in [4.69, 9.17) is 8.85 Å². The summed E-state index contributed by atoms with van der Waals surface area (Å²) in [6.07, 6.45) is 24.1. The first-order chi connectivity index (χ1) is 30.9. The molecule has 1 fully saturated rings. The van der Waals surface area contributed by atoms with Crippen LogP contribution < -0.4 is 0 Å². The quantitative estimate of drug-likeness (QED) is 0.0441. The van der Waals surface area contributed by atoms with Gasteiger partial charge in [0, 0.05) is 75.7 Å². The van der Waals surface area contributed by atoms with Crippen molar-refractivity contribution in [2.24, 2.45) is 0 Å². The molecule has 0 radical (unpaired) electrons. The molecule has 8 nitrogen and oxygen atoms in total. The molecule has 0 saturated carbocycles. The molecule has 66 heavy (non-hydrogen) atoms. The Bertz CT molecular complexity index is 1170. The molecule has 1 saturated heterocycles. The normalized spacial score (nSPS) is 18.2. The summed E-state index contributed by atoms with van der Waals surface area (Å²) in [4.78, 5) is 35.8. The number of unbranched alkanes of at least 4 members (excludes halogenated alkanes) is 12. The first-order valence-electron chi connectivity index (χ1n) is 27.4. The van der Waals surface area contributed by atoms with E-state index in [1.165, 1.54) is 101 Å². The standard InChI is InChI=1S/C54H112N4O4S2Si2/c1-17-19-21-23-25-27-33-49(61-65(13,14)53(5,6)7)45-55(11)37-31-29-35-51(59)63-41-39-57-43-48(4)58(44-47(57)3)40-42-64-52(60)36-30-32-38-56(12)46-50(34-28-26-24-22-20-18-2)62-66(15,16)54(8,9)10/h47-50H,17-46H2,1-16H3. The summed E-state index contributed by atoms with van der Waals surface area (Å²) < 4.78 is 13.9. The molecule has 0 spiro atoms. The minimum atomic E-state index is -1.83. The van der Waals surface area contributed by atoms with Gasteiger partial charge in [-0.2, -0.15) is 0 Å². The third-order valence-electron chi connectivity index (χ3n) is 15.2. The number of likely N-dealkylation sites (N-methyl/N-ethyl adjacent to an activating group) is 2. The Morgan fingerprint density at radius 1 is 0.561 bits per heavy atom. The zero-order valence-electron chi connectivity index (χ0n) is 46.8. The van der Waals surface area contributed by atoms with E-state index in [0.29, 0.717) is 47.4 Å². The van der Waals surface area contributed by atoms with Crippen molar-refractivity contribution < 1.29 is 18.4 Å². The molecule has 1 heterocycles. The van der Waals surface area contributed by atoms with Crippen LogP contribution >= 0.6 is 23.5 Å². The SMILES string of the molecule is CCCCCCCCC(CN(C)CCCCC(=O)SCCN1CC(C)N(CCSC(=O)CCCCN(C)CC(CCCCCCCC)O[Si](C)(C)C(C)(C)C)CC1C)O[Si](C)(C)C(C)(C)C. The molecule has 12 heteroatoms. The highest BCUT2D eigenvalue weighted by Gasteiger charge is 2.40. The van der Waals surface area contributed by atoms with Crippen LogP contribution in [0.3, 0.4) is 0 Å². The lowest BCUT2D eigenvalue weighted by molar-refractivity contribution is -0.111. The molecular weight excluding hydrogens is 889 g/mol. The predicted molar refractivity (Wildman–Crippen MR) is 300 cm³/mol. The molecule has 0 aromatic heterocycles. The highest BCUT2D eigenvalue weighted by Crippen LogP contribution is 2.39. The van der Waals surface area contributed by atoms with E-state index in [1.807, 2.05) is 0 Å².